The lowest BCUT2D eigenvalue weighted by atomic mass is 10.0. The molecule has 1 aliphatic rings. The fraction of sp³-hybridized carbons (Fsp3) is 0.321. The van der Waals surface area contributed by atoms with E-state index in [0.717, 1.165) is 21.7 Å². The average molecular weight is 533 g/mol. The zero-order valence-electron chi connectivity index (χ0n) is 21.5. The Hall–Kier alpha value is -3.60. The molecule has 0 bridgehead atoms. The van der Waals surface area contributed by atoms with E-state index in [4.69, 9.17) is 15.7 Å². The third-order valence-corrected chi connectivity index (χ3v) is 8.94. The molecule has 2 heterocycles. The molecule has 38 heavy (non-hydrogen) atoms. The van der Waals surface area contributed by atoms with Crippen LogP contribution in [0.25, 0.3) is 21.7 Å². The van der Waals surface area contributed by atoms with Gasteiger partial charge in [-0.3, -0.25) is 9.69 Å². The molecule has 3 aromatic carbocycles. The topological polar surface area (TPSA) is 122 Å². The third kappa shape index (κ3) is 5.20. The van der Waals surface area contributed by atoms with Crippen LogP contribution in [-0.4, -0.2) is 65.7 Å². The van der Waals surface area contributed by atoms with Gasteiger partial charge in [-0.25, -0.2) is 18.4 Å². The Morgan fingerprint density at radius 3 is 2.29 bits per heavy atom. The van der Waals surface area contributed by atoms with Crippen molar-refractivity contribution >= 4 is 43.4 Å². The number of carbonyl (C=O) groups is 1. The van der Waals surface area contributed by atoms with Gasteiger partial charge in [0.05, 0.1) is 17.0 Å². The number of nitrogens with two attached hydrogens (primary N) is 1. The largest absolute Gasteiger partial charge is 0.368 e. The molecule has 10 heteroatoms. The Balaban J connectivity index is 1.33. The van der Waals surface area contributed by atoms with Crippen LogP contribution in [0.2, 0.25) is 0 Å². The van der Waals surface area contributed by atoms with Gasteiger partial charge in [-0.2, -0.15) is 4.31 Å². The van der Waals surface area contributed by atoms with Crippen molar-refractivity contribution < 1.29 is 13.2 Å². The van der Waals surface area contributed by atoms with E-state index in [2.05, 4.69) is 10.2 Å². The monoisotopic (exact) mass is 532 g/mol. The predicted octanol–water partition coefficient (Wildman–Crippen LogP) is 3.21. The summed E-state index contributed by atoms with van der Waals surface area (Å²) >= 11 is 0. The molecule has 1 amide bonds. The zero-order valence-corrected chi connectivity index (χ0v) is 22.4. The molecule has 3 N–H and O–H groups in total. The van der Waals surface area contributed by atoms with Crippen LogP contribution in [0.4, 0.5) is 5.82 Å². The highest BCUT2D eigenvalue weighted by molar-refractivity contribution is 7.89. The molecular weight excluding hydrogens is 500 g/mol. The first-order chi connectivity index (χ1) is 18.2. The number of sulfonamides is 1. The lowest BCUT2D eigenvalue weighted by Gasteiger charge is -2.33. The first kappa shape index (κ1) is 26.0. The van der Waals surface area contributed by atoms with Crippen molar-refractivity contribution in [2.24, 2.45) is 11.7 Å². The molecule has 0 spiro atoms. The van der Waals surface area contributed by atoms with Gasteiger partial charge in [0.2, 0.25) is 15.9 Å². The number of anilines is 1. The van der Waals surface area contributed by atoms with E-state index >= 15 is 0 Å². The fourth-order valence-electron chi connectivity index (χ4n) is 4.91. The Bertz CT molecular complexity index is 1580. The standard InChI is InChI=1S/C28H32N6O3S/c1-19(2)26(27(29)35)32-28-22-11-5-6-12-23(22)30-25(31-28)18-33-14-16-34(17-15-33)38(36,37)24-13-7-9-20-8-3-4-10-21(20)24/h3-13,19,26H,14-18H2,1-2H3,(H2,29,35)(H,30,31,32)/t26-/m0/s1. The summed E-state index contributed by atoms with van der Waals surface area (Å²) in [7, 11) is -3.63. The van der Waals surface area contributed by atoms with Crippen molar-refractivity contribution in [1.29, 1.82) is 0 Å². The van der Waals surface area contributed by atoms with Crippen LogP contribution in [-0.2, 0) is 21.4 Å². The molecule has 4 aromatic rings. The Labute approximate surface area is 222 Å². The normalized spacial score (nSPS) is 16.2. The Morgan fingerprint density at radius 2 is 1.58 bits per heavy atom. The summed E-state index contributed by atoms with van der Waals surface area (Å²) in [5.41, 5.74) is 6.40. The number of hydrogen-bond acceptors (Lipinski definition) is 7. The van der Waals surface area contributed by atoms with Crippen molar-refractivity contribution in [3.8, 4) is 0 Å². The van der Waals surface area contributed by atoms with Crippen molar-refractivity contribution in [3.63, 3.8) is 0 Å². The van der Waals surface area contributed by atoms with Gasteiger partial charge in [0.1, 0.15) is 17.7 Å². The number of benzene rings is 3. The minimum atomic E-state index is -3.63. The van der Waals surface area contributed by atoms with Crippen LogP contribution in [0.5, 0.6) is 0 Å². The van der Waals surface area contributed by atoms with Crippen LogP contribution in [0.1, 0.15) is 19.7 Å². The molecule has 0 unspecified atom stereocenters. The van der Waals surface area contributed by atoms with E-state index in [1.165, 1.54) is 0 Å². The van der Waals surface area contributed by atoms with Gasteiger partial charge in [0.15, 0.2) is 0 Å². The third-order valence-electron chi connectivity index (χ3n) is 6.98. The zero-order chi connectivity index (χ0) is 26.9. The number of hydrogen-bond donors (Lipinski definition) is 2. The summed E-state index contributed by atoms with van der Waals surface area (Å²) in [6, 6.07) is 20.0. The highest BCUT2D eigenvalue weighted by atomic mass is 32.2. The van der Waals surface area contributed by atoms with Crippen molar-refractivity contribution in [2.75, 3.05) is 31.5 Å². The molecule has 1 aromatic heterocycles. The Morgan fingerprint density at radius 1 is 0.921 bits per heavy atom. The van der Waals surface area contributed by atoms with Crippen molar-refractivity contribution in [1.82, 2.24) is 19.2 Å². The fourth-order valence-corrected chi connectivity index (χ4v) is 6.54. The van der Waals surface area contributed by atoms with Crippen LogP contribution < -0.4 is 11.1 Å². The van der Waals surface area contributed by atoms with Gasteiger partial charge in [-0.1, -0.05) is 62.4 Å². The summed E-state index contributed by atoms with van der Waals surface area (Å²) in [6.45, 7) is 6.18. The van der Waals surface area contributed by atoms with Crippen molar-refractivity contribution in [2.45, 2.75) is 31.3 Å². The highest BCUT2D eigenvalue weighted by Gasteiger charge is 2.30. The minimum Gasteiger partial charge on any atom is -0.368 e. The van der Waals surface area contributed by atoms with Crippen LogP contribution >= 0.6 is 0 Å². The van der Waals surface area contributed by atoms with E-state index in [1.54, 1.807) is 16.4 Å². The predicted molar refractivity (Wildman–Crippen MR) is 149 cm³/mol. The number of fused-ring (bicyclic) bond motifs is 2. The van der Waals surface area contributed by atoms with Crippen LogP contribution in [0.15, 0.2) is 71.6 Å². The molecule has 1 atom stereocenters. The van der Waals surface area contributed by atoms with E-state index < -0.39 is 22.0 Å². The number of para-hydroxylation sites is 1. The summed E-state index contributed by atoms with van der Waals surface area (Å²) in [5.74, 6) is 0.720. The first-order valence-corrected chi connectivity index (χ1v) is 14.2. The second kappa shape index (κ2) is 10.6. The highest BCUT2D eigenvalue weighted by Crippen LogP contribution is 2.27. The van der Waals surface area contributed by atoms with E-state index in [9.17, 15) is 13.2 Å². The SMILES string of the molecule is CC(C)[C@H](Nc1nc(CN2CCN(S(=O)(=O)c3cccc4ccccc34)CC2)nc2ccccc12)C(N)=O. The summed E-state index contributed by atoms with van der Waals surface area (Å²) in [6.07, 6.45) is 0. The number of primary amides is 1. The number of amides is 1. The number of nitrogens with one attached hydrogen (secondary N) is 1. The quantitative estimate of drug-likeness (QED) is 0.357. The van der Waals surface area contributed by atoms with Gasteiger partial charge in [0.25, 0.3) is 0 Å². The van der Waals surface area contributed by atoms with Gasteiger partial charge in [0, 0.05) is 37.0 Å². The summed E-state index contributed by atoms with van der Waals surface area (Å²) in [5, 5.41) is 5.68. The Kier molecular flexibility index (Phi) is 7.29. The minimum absolute atomic E-state index is 0.0126. The van der Waals surface area contributed by atoms with E-state index in [1.807, 2.05) is 68.4 Å². The maximum atomic E-state index is 13.5. The second-order valence-electron chi connectivity index (χ2n) is 9.93. The number of aromatic nitrogens is 2. The molecule has 0 saturated carbocycles. The van der Waals surface area contributed by atoms with E-state index in [0.29, 0.717) is 49.3 Å². The first-order valence-electron chi connectivity index (χ1n) is 12.8. The molecule has 9 nitrogen and oxygen atoms in total. The number of nitrogens with zero attached hydrogens (tertiary/aromatic N) is 4. The number of rotatable bonds is 8. The van der Waals surface area contributed by atoms with Crippen LogP contribution in [0, 0.1) is 5.92 Å². The average Bonchev–Trinajstić information content (AvgIpc) is 2.91. The lowest BCUT2D eigenvalue weighted by molar-refractivity contribution is -0.119. The molecule has 1 saturated heterocycles. The van der Waals surface area contributed by atoms with Crippen LogP contribution in [0.3, 0.4) is 0 Å². The molecular formula is C28H32N6O3S. The van der Waals surface area contributed by atoms with Gasteiger partial charge in [-0.15, -0.1) is 0 Å². The maximum absolute atomic E-state index is 13.5. The number of carbonyl (C=O) groups excluding carboxylic acids is 1. The van der Waals surface area contributed by atoms with E-state index in [-0.39, 0.29) is 5.92 Å². The number of piperazine rings is 1. The molecule has 1 aliphatic heterocycles. The molecule has 198 valence electrons. The van der Waals surface area contributed by atoms with Crippen molar-refractivity contribution in [3.05, 3.63) is 72.6 Å². The van der Waals surface area contributed by atoms with Gasteiger partial charge < -0.3 is 11.1 Å². The smallest absolute Gasteiger partial charge is 0.243 e. The second-order valence-corrected chi connectivity index (χ2v) is 11.8. The van der Waals surface area contributed by atoms with Gasteiger partial charge >= 0.3 is 0 Å². The molecule has 1 fully saturated rings. The summed E-state index contributed by atoms with van der Waals surface area (Å²) in [4.78, 5) is 24.0. The molecule has 0 aliphatic carbocycles. The van der Waals surface area contributed by atoms with Gasteiger partial charge in [-0.05, 0) is 29.5 Å². The maximum Gasteiger partial charge on any atom is 0.243 e. The molecule has 5 rings (SSSR count). The lowest BCUT2D eigenvalue weighted by Crippen LogP contribution is -2.48. The molecule has 0 radical (unpaired) electrons. The summed E-state index contributed by atoms with van der Waals surface area (Å²) < 4.78 is 28.6.